The van der Waals surface area contributed by atoms with Crippen LogP contribution < -0.4 is 5.32 Å². The molecular formula is C25H26N2O2. The van der Waals surface area contributed by atoms with Gasteiger partial charge in [-0.15, -0.1) is 0 Å². The SMILES string of the molecule is CCC(NC(=O)c1c(O)c(C2CC=CCC2)nc2ccccc12)c1ccccc1. The van der Waals surface area contributed by atoms with E-state index >= 15 is 0 Å². The number of nitrogens with one attached hydrogen (secondary N) is 1. The molecule has 4 rings (SSSR count). The first-order chi connectivity index (χ1) is 14.2. The average Bonchev–Trinajstić information content (AvgIpc) is 2.78. The van der Waals surface area contributed by atoms with Crippen LogP contribution in [0.15, 0.2) is 66.7 Å². The molecule has 2 N–H and O–H groups in total. The molecule has 29 heavy (non-hydrogen) atoms. The highest BCUT2D eigenvalue weighted by Crippen LogP contribution is 2.38. The second-order valence-corrected chi connectivity index (χ2v) is 7.56. The van der Waals surface area contributed by atoms with E-state index in [0.29, 0.717) is 16.6 Å². The van der Waals surface area contributed by atoms with Crippen LogP contribution in [0.1, 0.15) is 66.2 Å². The predicted octanol–water partition coefficient (Wildman–Crippen LogP) is 5.65. The van der Waals surface area contributed by atoms with Gasteiger partial charge < -0.3 is 10.4 Å². The first kappa shape index (κ1) is 19.2. The summed E-state index contributed by atoms with van der Waals surface area (Å²) in [5.41, 5.74) is 2.76. The van der Waals surface area contributed by atoms with Gasteiger partial charge in [-0.05, 0) is 37.3 Å². The Morgan fingerprint density at radius 2 is 1.90 bits per heavy atom. The Hall–Kier alpha value is -3.14. The Kier molecular flexibility index (Phi) is 5.61. The van der Waals surface area contributed by atoms with Crippen molar-refractivity contribution in [2.45, 2.75) is 44.6 Å². The van der Waals surface area contributed by atoms with Gasteiger partial charge in [0.15, 0.2) is 5.75 Å². The fourth-order valence-electron chi connectivity index (χ4n) is 4.11. The van der Waals surface area contributed by atoms with E-state index in [4.69, 9.17) is 4.98 Å². The predicted molar refractivity (Wildman–Crippen MR) is 116 cm³/mol. The molecule has 1 heterocycles. The van der Waals surface area contributed by atoms with Crippen molar-refractivity contribution < 1.29 is 9.90 Å². The largest absolute Gasteiger partial charge is 0.505 e. The van der Waals surface area contributed by atoms with Crippen LogP contribution in [0, 0.1) is 0 Å². The maximum atomic E-state index is 13.3. The lowest BCUT2D eigenvalue weighted by Gasteiger charge is -2.22. The van der Waals surface area contributed by atoms with Crippen molar-refractivity contribution in [2.75, 3.05) is 0 Å². The third-order valence-corrected chi connectivity index (χ3v) is 5.69. The van der Waals surface area contributed by atoms with Crippen molar-refractivity contribution in [3.63, 3.8) is 0 Å². The smallest absolute Gasteiger partial charge is 0.256 e. The molecule has 2 aromatic carbocycles. The molecule has 1 aliphatic carbocycles. The molecule has 4 nitrogen and oxygen atoms in total. The lowest BCUT2D eigenvalue weighted by molar-refractivity contribution is 0.0934. The van der Waals surface area contributed by atoms with Crippen LogP contribution in [0.25, 0.3) is 10.9 Å². The number of aromatic nitrogens is 1. The number of carbonyl (C=O) groups excluding carboxylic acids is 1. The maximum Gasteiger partial charge on any atom is 0.256 e. The minimum atomic E-state index is -0.260. The number of pyridine rings is 1. The normalized spacial score (nSPS) is 17.2. The number of para-hydroxylation sites is 1. The number of allylic oxidation sites excluding steroid dienone is 2. The van der Waals surface area contributed by atoms with E-state index in [1.807, 2.05) is 61.5 Å². The van der Waals surface area contributed by atoms with Crippen molar-refractivity contribution in [3.05, 3.63) is 83.6 Å². The van der Waals surface area contributed by atoms with Gasteiger partial charge in [0, 0.05) is 11.3 Å². The summed E-state index contributed by atoms with van der Waals surface area (Å²) in [7, 11) is 0. The standard InChI is InChI=1S/C25H26N2O2/c1-2-20(17-11-5-3-6-12-17)27-25(29)22-19-15-9-10-16-21(19)26-23(24(22)28)18-13-7-4-8-14-18/h3-7,9-12,15-16,18,20,28H,2,8,13-14H2,1H3,(H,27,29). The third-order valence-electron chi connectivity index (χ3n) is 5.69. The molecule has 0 saturated carbocycles. The minimum absolute atomic E-state index is 0.0180. The molecule has 0 bridgehead atoms. The van der Waals surface area contributed by atoms with E-state index in [1.165, 1.54) is 0 Å². The van der Waals surface area contributed by atoms with Gasteiger partial charge in [-0.2, -0.15) is 0 Å². The van der Waals surface area contributed by atoms with Crippen LogP contribution in [0.3, 0.4) is 0 Å². The first-order valence-electron chi connectivity index (χ1n) is 10.3. The molecule has 148 valence electrons. The Morgan fingerprint density at radius 1 is 1.14 bits per heavy atom. The summed E-state index contributed by atoms with van der Waals surface area (Å²) >= 11 is 0. The summed E-state index contributed by atoms with van der Waals surface area (Å²) in [6, 6.07) is 17.4. The summed E-state index contributed by atoms with van der Waals surface area (Å²) in [6.45, 7) is 2.04. The molecule has 4 heteroatoms. The van der Waals surface area contributed by atoms with Gasteiger partial charge in [0.1, 0.15) is 0 Å². The summed E-state index contributed by atoms with van der Waals surface area (Å²) < 4.78 is 0. The van der Waals surface area contributed by atoms with E-state index in [1.54, 1.807) is 0 Å². The fraction of sp³-hybridized carbons (Fsp3) is 0.280. The Bertz CT molecular complexity index is 1040. The molecule has 3 aromatic rings. The van der Waals surface area contributed by atoms with Gasteiger partial charge in [0.25, 0.3) is 5.91 Å². The topological polar surface area (TPSA) is 62.2 Å². The van der Waals surface area contributed by atoms with Gasteiger partial charge in [-0.3, -0.25) is 4.79 Å². The zero-order chi connectivity index (χ0) is 20.2. The number of hydrogen-bond donors (Lipinski definition) is 2. The second kappa shape index (κ2) is 8.48. The fourth-order valence-corrected chi connectivity index (χ4v) is 4.11. The molecule has 0 fully saturated rings. The zero-order valence-corrected chi connectivity index (χ0v) is 16.6. The molecule has 2 atom stereocenters. The number of aromatic hydroxyl groups is 1. The molecule has 1 aliphatic rings. The highest BCUT2D eigenvalue weighted by atomic mass is 16.3. The number of rotatable bonds is 5. The molecular weight excluding hydrogens is 360 g/mol. The quantitative estimate of drug-likeness (QED) is 0.557. The van der Waals surface area contributed by atoms with Gasteiger partial charge in [-0.1, -0.05) is 67.6 Å². The Labute approximate surface area is 171 Å². The van der Waals surface area contributed by atoms with Crippen molar-refractivity contribution in [1.82, 2.24) is 10.3 Å². The summed E-state index contributed by atoms with van der Waals surface area (Å²) in [5.74, 6) is -0.110. The number of amides is 1. The van der Waals surface area contributed by atoms with E-state index in [0.717, 1.165) is 36.8 Å². The molecule has 0 aliphatic heterocycles. The number of fused-ring (bicyclic) bond motifs is 1. The molecule has 2 unspecified atom stereocenters. The summed E-state index contributed by atoms with van der Waals surface area (Å²) in [5, 5.41) is 14.9. The van der Waals surface area contributed by atoms with Crippen LogP contribution >= 0.6 is 0 Å². The number of hydrogen-bond acceptors (Lipinski definition) is 3. The number of benzene rings is 2. The number of nitrogens with zero attached hydrogens (tertiary/aromatic N) is 1. The van der Waals surface area contributed by atoms with E-state index in [-0.39, 0.29) is 23.6 Å². The van der Waals surface area contributed by atoms with Crippen LogP contribution in [-0.4, -0.2) is 16.0 Å². The van der Waals surface area contributed by atoms with Crippen molar-refractivity contribution in [3.8, 4) is 5.75 Å². The molecule has 1 aromatic heterocycles. The van der Waals surface area contributed by atoms with Crippen LogP contribution in [0.2, 0.25) is 0 Å². The number of carbonyl (C=O) groups is 1. The molecule has 0 saturated heterocycles. The molecule has 1 amide bonds. The third kappa shape index (κ3) is 3.88. The monoisotopic (exact) mass is 386 g/mol. The van der Waals surface area contributed by atoms with Gasteiger partial charge >= 0.3 is 0 Å². The maximum absolute atomic E-state index is 13.3. The van der Waals surface area contributed by atoms with E-state index in [9.17, 15) is 9.90 Å². The average molecular weight is 386 g/mol. The lowest BCUT2D eigenvalue weighted by Crippen LogP contribution is -2.28. The van der Waals surface area contributed by atoms with Crippen LogP contribution in [0.5, 0.6) is 5.75 Å². The van der Waals surface area contributed by atoms with Gasteiger partial charge in [0.2, 0.25) is 0 Å². The first-order valence-corrected chi connectivity index (χ1v) is 10.3. The lowest BCUT2D eigenvalue weighted by atomic mass is 9.89. The zero-order valence-electron chi connectivity index (χ0n) is 16.6. The minimum Gasteiger partial charge on any atom is -0.505 e. The van der Waals surface area contributed by atoms with Crippen molar-refractivity contribution in [2.24, 2.45) is 0 Å². The summed E-state index contributed by atoms with van der Waals surface area (Å²) in [6.07, 6.45) is 7.78. The Balaban J connectivity index is 1.76. The van der Waals surface area contributed by atoms with E-state index < -0.39 is 0 Å². The van der Waals surface area contributed by atoms with E-state index in [2.05, 4.69) is 17.5 Å². The molecule has 0 spiro atoms. The van der Waals surface area contributed by atoms with Crippen LogP contribution in [0.4, 0.5) is 0 Å². The summed E-state index contributed by atoms with van der Waals surface area (Å²) in [4.78, 5) is 18.1. The Morgan fingerprint density at radius 3 is 2.62 bits per heavy atom. The van der Waals surface area contributed by atoms with Crippen molar-refractivity contribution >= 4 is 16.8 Å². The van der Waals surface area contributed by atoms with Gasteiger partial charge in [-0.25, -0.2) is 4.98 Å². The van der Waals surface area contributed by atoms with Crippen LogP contribution in [-0.2, 0) is 0 Å². The second-order valence-electron chi connectivity index (χ2n) is 7.56. The van der Waals surface area contributed by atoms with Crippen molar-refractivity contribution in [1.29, 1.82) is 0 Å². The molecule has 0 radical (unpaired) electrons. The highest BCUT2D eigenvalue weighted by molar-refractivity contribution is 6.09. The van der Waals surface area contributed by atoms with Gasteiger partial charge in [0.05, 0.1) is 22.8 Å². The highest BCUT2D eigenvalue weighted by Gasteiger charge is 2.26.